The van der Waals surface area contributed by atoms with Crippen LogP contribution >= 0.6 is 24.0 Å². The molecule has 0 N–H and O–H groups in total. The van der Waals surface area contributed by atoms with Crippen LogP contribution in [0.1, 0.15) is 25.2 Å². The Morgan fingerprint density at radius 2 is 1.74 bits per heavy atom. The van der Waals surface area contributed by atoms with Crippen LogP contribution in [0.2, 0.25) is 5.02 Å². The first-order valence-electron chi connectivity index (χ1n) is 8.70. The zero-order valence-electron chi connectivity index (χ0n) is 15.6. The fraction of sp³-hybridized carbons (Fsp3) is 0.238. The van der Waals surface area contributed by atoms with Gasteiger partial charge in [0.1, 0.15) is 17.1 Å². The Bertz CT molecular complexity index is 940. The largest absolute Gasteiger partial charge is 0.494 e. The predicted molar refractivity (Wildman–Crippen MR) is 117 cm³/mol. The van der Waals surface area contributed by atoms with Crippen molar-refractivity contribution in [3.8, 4) is 5.75 Å². The molecule has 0 atom stereocenters. The van der Waals surface area contributed by atoms with Gasteiger partial charge in [-0.25, -0.2) is 9.97 Å². The van der Waals surface area contributed by atoms with Gasteiger partial charge in [-0.1, -0.05) is 35.9 Å². The summed E-state index contributed by atoms with van der Waals surface area (Å²) in [6, 6.07) is 13.6. The second kappa shape index (κ2) is 9.58. The number of para-hydroxylation sites is 1. The lowest BCUT2D eigenvalue weighted by molar-refractivity contribution is 0.419. The Kier molecular flexibility index (Phi) is 7.45. The molecule has 1 heterocycles. The molecule has 2 aromatic carbocycles. The molecular weight excluding hydrogens is 381 g/mol. The molecule has 0 radical (unpaired) electrons. The number of hydrogen-bond acceptors (Lipinski definition) is 4. The van der Waals surface area contributed by atoms with E-state index in [0.717, 1.165) is 41.1 Å². The molecule has 4 nitrogen and oxygen atoms in total. The van der Waals surface area contributed by atoms with Crippen LogP contribution in [0.5, 0.6) is 5.75 Å². The van der Waals surface area contributed by atoms with E-state index in [-0.39, 0.29) is 12.4 Å². The molecule has 6 heteroatoms. The molecule has 0 aliphatic carbocycles. The van der Waals surface area contributed by atoms with E-state index in [0.29, 0.717) is 10.8 Å². The van der Waals surface area contributed by atoms with Crippen molar-refractivity contribution in [2.24, 2.45) is 0 Å². The van der Waals surface area contributed by atoms with Crippen molar-refractivity contribution in [2.45, 2.75) is 13.8 Å². The monoisotopic (exact) mass is 403 g/mol. The Balaban J connectivity index is 0.00000261. The second-order valence-corrected chi connectivity index (χ2v) is 6.20. The summed E-state index contributed by atoms with van der Waals surface area (Å²) in [5.41, 5.74) is 1.74. The summed E-state index contributed by atoms with van der Waals surface area (Å²) in [6.45, 7) is 5.98. The molecule has 0 unspecified atom stereocenters. The van der Waals surface area contributed by atoms with E-state index in [1.807, 2.05) is 54.6 Å². The molecule has 3 rings (SSSR count). The summed E-state index contributed by atoms with van der Waals surface area (Å²) in [5.74, 6) is 2.28. The first kappa shape index (κ1) is 21.0. The zero-order valence-corrected chi connectivity index (χ0v) is 17.2. The van der Waals surface area contributed by atoms with Crippen LogP contribution < -0.4 is 9.64 Å². The SMILES string of the molecule is CCN(CC)c1nc(/C=C/c2ccccc2Cl)nc2c(OC)cccc12.Cl. The Morgan fingerprint density at radius 3 is 2.41 bits per heavy atom. The maximum absolute atomic E-state index is 6.24. The van der Waals surface area contributed by atoms with Crippen LogP contribution in [0.15, 0.2) is 42.5 Å². The molecule has 0 saturated heterocycles. The van der Waals surface area contributed by atoms with Gasteiger partial charge >= 0.3 is 0 Å². The van der Waals surface area contributed by atoms with Gasteiger partial charge in [0, 0.05) is 23.5 Å². The number of rotatable bonds is 6. The van der Waals surface area contributed by atoms with Crippen molar-refractivity contribution >= 4 is 52.9 Å². The van der Waals surface area contributed by atoms with Gasteiger partial charge < -0.3 is 9.64 Å². The lowest BCUT2D eigenvalue weighted by Crippen LogP contribution is -2.23. The summed E-state index contributed by atoms with van der Waals surface area (Å²) in [6.07, 6.45) is 3.82. The molecule has 27 heavy (non-hydrogen) atoms. The smallest absolute Gasteiger partial charge is 0.155 e. The van der Waals surface area contributed by atoms with Crippen LogP contribution in [-0.4, -0.2) is 30.2 Å². The summed E-state index contributed by atoms with van der Waals surface area (Å²) in [4.78, 5) is 11.7. The van der Waals surface area contributed by atoms with Crippen molar-refractivity contribution in [3.63, 3.8) is 0 Å². The molecule has 1 aromatic heterocycles. The molecule has 0 fully saturated rings. The summed E-state index contributed by atoms with van der Waals surface area (Å²) >= 11 is 6.24. The molecule has 0 saturated carbocycles. The van der Waals surface area contributed by atoms with Crippen LogP contribution in [0.25, 0.3) is 23.1 Å². The highest BCUT2D eigenvalue weighted by Crippen LogP contribution is 2.30. The minimum Gasteiger partial charge on any atom is -0.494 e. The van der Waals surface area contributed by atoms with E-state index >= 15 is 0 Å². The molecule has 0 aliphatic heterocycles. The van der Waals surface area contributed by atoms with Crippen molar-refractivity contribution in [1.82, 2.24) is 9.97 Å². The van der Waals surface area contributed by atoms with Gasteiger partial charge in [0.2, 0.25) is 0 Å². The van der Waals surface area contributed by atoms with E-state index in [1.165, 1.54) is 0 Å². The zero-order chi connectivity index (χ0) is 18.5. The van der Waals surface area contributed by atoms with Crippen LogP contribution in [-0.2, 0) is 0 Å². The van der Waals surface area contributed by atoms with E-state index in [4.69, 9.17) is 26.3 Å². The summed E-state index contributed by atoms with van der Waals surface area (Å²) in [5, 5.41) is 1.69. The number of hydrogen-bond donors (Lipinski definition) is 0. The second-order valence-electron chi connectivity index (χ2n) is 5.79. The quantitative estimate of drug-likeness (QED) is 0.526. The lowest BCUT2D eigenvalue weighted by Gasteiger charge is -2.22. The standard InChI is InChI=1S/C21H22ClN3O.ClH/c1-4-25(5-2)21-16-10-8-12-18(26-3)20(16)23-19(24-21)14-13-15-9-6-7-11-17(15)22;/h6-14H,4-5H2,1-3H3;1H/b14-13+;. The third-order valence-corrected chi connectivity index (χ3v) is 4.63. The molecule has 0 amide bonds. The fourth-order valence-corrected chi connectivity index (χ4v) is 3.10. The van der Waals surface area contributed by atoms with Crippen molar-refractivity contribution < 1.29 is 4.74 Å². The van der Waals surface area contributed by atoms with Crippen molar-refractivity contribution in [3.05, 3.63) is 58.9 Å². The highest BCUT2D eigenvalue weighted by Gasteiger charge is 2.14. The first-order valence-corrected chi connectivity index (χ1v) is 9.08. The van der Waals surface area contributed by atoms with E-state index in [2.05, 4.69) is 18.7 Å². The van der Waals surface area contributed by atoms with Gasteiger partial charge in [-0.15, -0.1) is 12.4 Å². The van der Waals surface area contributed by atoms with E-state index in [1.54, 1.807) is 7.11 Å². The summed E-state index contributed by atoms with van der Waals surface area (Å²) < 4.78 is 5.51. The van der Waals surface area contributed by atoms with Gasteiger partial charge in [-0.2, -0.15) is 0 Å². The number of halogens is 2. The number of ether oxygens (including phenoxy) is 1. The molecular formula is C21H23Cl2N3O. The topological polar surface area (TPSA) is 38.2 Å². The Hall–Kier alpha value is -2.30. The highest BCUT2D eigenvalue weighted by molar-refractivity contribution is 6.32. The third kappa shape index (κ3) is 4.52. The third-order valence-electron chi connectivity index (χ3n) is 4.29. The van der Waals surface area contributed by atoms with Crippen LogP contribution in [0, 0.1) is 0 Å². The average molecular weight is 404 g/mol. The van der Waals surface area contributed by atoms with Crippen molar-refractivity contribution in [2.75, 3.05) is 25.1 Å². The summed E-state index contributed by atoms with van der Waals surface area (Å²) in [7, 11) is 1.66. The van der Waals surface area contributed by atoms with Gasteiger partial charge in [-0.05, 0) is 49.8 Å². The molecule has 0 spiro atoms. The Morgan fingerprint density at radius 1 is 1.00 bits per heavy atom. The highest BCUT2D eigenvalue weighted by atomic mass is 35.5. The number of benzene rings is 2. The molecule has 0 aliphatic rings. The van der Waals surface area contributed by atoms with Gasteiger partial charge in [0.25, 0.3) is 0 Å². The number of fused-ring (bicyclic) bond motifs is 1. The van der Waals surface area contributed by atoms with Crippen LogP contribution in [0.3, 0.4) is 0 Å². The van der Waals surface area contributed by atoms with Gasteiger partial charge in [0.05, 0.1) is 7.11 Å². The van der Waals surface area contributed by atoms with Gasteiger partial charge in [-0.3, -0.25) is 0 Å². The molecule has 0 bridgehead atoms. The number of methoxy groups -OCH3 is 1. The predicted octanol–water partition coefficient (Wildman–Crippen LogP) is 5.73. The number of aromatic nitrogens is 2. The normalized spacial score (nSPS) is 10.8. The average Bonchev–Trinajstić information content (AvgIpc) is 2.67. The molecule has 142 valence electrons. The molecule has 3 aromatic rings. The van der Waals surface area contributed by atoms with Gasteiger partial charge in [0.15, 0.2) is 5.82 Å². The minimum absolute atomic E-state index is 0. The lowest BCUT2D eigenvalue weighted by atomic mass is 10.2. The number of nitrogens with zero attached hydrogens (tertiary/aromatic N) is 3. The maximum atomic E-state index is 6.24. The fourth-order valence-electron chi connectivity index (χ4n) is 2.90. The maximum Gasteiger partial charge on any atom is 0.155 e. The van der Waals surface area contributed by atoms with Crippen LogP contribution in [0.4, 0.5) is 5.82 Å². The van der Waals surface area contributed by atoms with E-state index in [9.17, 15) is 0 Å². The number of anilines is 1. The Labute approximate surface area is 171 Å². The van der Waals surface area contributed by atoms with E-state index < -0.39 is 0 Å². The van der Waals surface area contributed by atoms with Crippen molar-refractivity contribution in [1.29, 1.82) is 0 Å². The first-order chi connectivity index (χ1) is 12.7. The minimum atomic E-state index is 0.